The predicted octanol–water partition coefficient (Wildman–Crippen LogP) is 17.4. The number of esters is 3. The highest BCUT2D eigenvalue weighted by Crippen LogP contribution is 2.16. The molecule has 0 aliphatic heterocycles. The van der Waals surface area contributed by atoms with E-state index in [9.17, 15) is 14.4 Å². The molecule has 0 unspecified atom stereocenters. The van der Waals surface area contributed by atoms with Crippen molar-refractivity contribution >= 4 is 17.9 Å². The molecule has 0 N–H and O–H groups in total. The fourth-order valence-electron chi connectivity index (χ4n) is 7.97. The van der Waals surface area contributed by atoms with Gasteiger partial charge in [0, 0.05) is 19.3 Å². The van der Waals surface area contributed by atoms with Gasteiger partial charge in [-0.3, -0.25) is 14.4 Å². The molecule has 354 valence electrons. The van der Waals surface area contributed by atoms with E-state index >= 15 is 0 Å². The van der Waals surface area contributed by atoms with Crippen LogP contribution in [0.4, 0.5) is 0 Å². The van der Waals surface area contributed by atoms with Crippen molar-refractivity contribution in [3.63, 3.8) is 0 Å². The fraction of sp³-hybridized carbons (Fsp3) is 0.907. The number of carbonyl (C=O) groups is 3. The topological polar surface area (TPSA) is 78.9 Å². The second kappa shape index (κ2) is 49.8. The average Bonchev–Trinajstić information content (AvgIpc) is 3.24. The Hall–Kier alpha value is -1.85. The molecule has 0 aliphatic carbocycles. The van der Waals surface area contributed by atoms with Gasteiger partial charge in [-0.1, -0.05) is 245 Å². The van der Waals surface area contributed by atoms with E-state index in [0.717, 1.165) is 64.2 Å². The van der Waals surface area contributed by atoms with Gasteiger partial charge < -0.3 is 14.2 Å². The average molecular weight is 847 g/mol. The molecular formula is C54H102O6. The minimum absolute atomic E-state index is 0.0679. The lowest BCUT2D eigenvalue weighted by Crippen LogP contribution is -2.30. The number of carbonyl (C=O) groups excluding carboxylic acids is 3. The summed E-state index contributed by atoms with van der Waals surface area (Å²) >= 11 is 0. The Morgan fingerprint density at radius 1 is 0.317 bits per heavy atom. The zero-order valence-electron chi connectivity index (χ0n) is 40.5. The maximum atomic E-state index is 12.8. The van der Waals surface area contributed by atoms with Crippen LogP contribution in [0.3, 0.4) is 0 Å². The summed E-state index contributed by atoms with van der Waals surface area (Å²) in [6.07, 6.45) is 54.8. The minimum atomic E-state index is -0.767. The van der Waals surface area contributed by atoms with Gasteiger partial charge in [-0.05, 0) is 44.9 Å². The van der Waals surface area contributed by atoms with Gasteiger partial charge >= 0.3 is 17.9 Å². The SMILES string of the molecule is CCCCCCC/C=C\CCCCCCCC(=O)O[C@H](COC(=O)CCCCCCCCCCCCC)COC(=O)CCCCCCCCCCCCCCCCCCC. The highest BCUT2D eigenvalue weighted by Gasteiger charge is 2.19. The second-order valence-corrected chi connectivity index (χ2v) is 18.2. The molecule has 0 saturated heterocycles. The molecule has 6 heteroatoms. The summed E-state index contributed by atoms with van der Waals surface area (Å²) in [4.78, 5) is 37.9. The van der Waals surface area contributed by atoms with Crippen molar-refractivity contribution in [1.29, 1.82) is 0 Å². The molecule has 0 aromatic heterocycles. The molecule has 6 nitrogen and oxygen atoms in total. The van der Waals surface area contributed by atoms with Crippen molar-refractivity contribution in [3.05, 3.63) is 12.2 Å². The highest BCUT2D eigenvalue weighted by atomic mass is 16.6. The largest absolute Gasteiger partial charge is 0.462 e. The molecule has 0 heterocycles. The maximum Gasteiger partial charge on any atom is 0.306 e. The van der Waals surface area contributed by atoms with Crippen LogP contribution in [0.1, 0.15) is 297 Å². The molecule has 0 rings (SSSR count). The lowest BCUT2D eigenvalue weighted by atomic mass is 10.0. The number of rotatable bonds is 49. The van der Waals surface area contributed by atoms with E-state index in [0.29, 0.717) is 19.3 Å². The molecule has 0 aromatic rings. The first-order valence-electron chi connectivity index (χ1n) is 26.7. The zero-order valence-corrected chi connectivity index (χ0v) is 40.5. The Bertz CT molecular complexity index is 931. The van der Waals surface area contributed by atoms with Gasteiger partial charge in [0.1, 0.15) is 13.2 Å². The molecular weight excluding hydrogens is 745 g/mol. The number of allylic oxidation sites excluding steroid dienone is 2. The van der Waals surface area contributed by atoms with Crippen molar-refractivity contribution in [3.8, 4) is 0 Å². The molecule has 0 bridgehead atoms. The van der Waals surface area contributed by atoms with Gasteiger partial charge in [0.2, 0.25) is 0 Å². The van der Waals surface area contributed by atoms with Crippen LogP contribution >= 0.6 is 0 Å². The summed E-state index contributed by atoms with van der Waals surface area (Å²) in [5.41, 5.74) is 0. The third-order valence-electron chi connectivity index (χ3n) is 12.0. The van der Waals surface area contributed by atoms with Crippen molar-refractivity contribution in [2.75, 3.05) is 13.2 Å². The van der Waals surface area contributed by atoms with Crippen molar-refractivity contribution in [2.45, 2.75) is 303 Å². The molecule has 0 fully saturated rings. The van der Waals surface area contributed by atoms with Crippen LogP contribution in [0, 0.1) is 0 Å². The van der Waals surface area contributed by atoms with E-state index in [1.807, 2.05) is 0 Å². The van der Waals surface area contributed by atoms with Crippen LogP contribution in [0.15, 0.2) is 12.2 Å². The van der Waals surface area contributed by atoms with Crippen molar-refractivity contribution < 1.29 is 28.6 Å². The van der Waals surface area contributed by atoms with E-state index in [-0.39, 0.29) is 31.1 Å². The van der Waals surface area contributed by atoms with Gasteiger partial charge in [0.25, 0.3) is 0 Å². The zero-order chi connectivity index (χ0) is 43.7. The lowest BCUT2D eigenvalue weighted by molar-refractivity contribution is -0.167. The van der Waals surface area contributed by atoms with Gasteiger partial charge in [-0.2, -0.15) is 0 Å². The number of unbranched alkanes of at least 4 members (excludes halogenated alkanes) is 36. The summed E-state index contributed by atoms with van der Waals surface area (Å²) in [6, 6.07) is 0. The van der Waals surface area contributed by atoms with Crippen LogP contribution in [0.25, 0.3) is 0 Å². The second-order valence-electron chi connectivity index (χ2n) is 18.2. The summed E-state index contributed by atoms with van der Waals surface area (Å²) < 4.78 is 16.8. The third-order valence-corrected chi connectivity index (χ3v) is 12.0. The number of ether oxygens (including phenoxy) is 3. The van der Waals surface area contributed by atoms with Crippen LogP contribution in [0.5, 0.6) is 0 Å². The van der Waals surface area contributed by atoms with Gasteiger partial charge in [0.15, 0.2) is 6.10 Å². The van der Waals surface area contributed by atoms with Gasteiger partial charge in [-0.15, -0.1) is 0 Å². The third kappa shape index (κ3) is 47.2. The van der Waals surface area contributed by atoms with Crippen LogP contribution in [-0.2, 0) is 28.6 Å². The first-order valence-corrected chi connectivity index (χ1v) is 26.7. The van der Waals surface area contributed by atoms with Crippen LogP contribution in [-0.4, -0.2) is 37.2 Å². The Morgan fingerprint density at radius 2 is 0.550 bits per heavy atom. The lowest BCUT2D eigenvalue weighted by Gasteiger charge is -2.18. The highest BCUT2D eigenvalue weighted by molar-refractivity contribution is 5.71. The maximum absolute atomic E-state index is 12.8. The summed E-state index contributed by atoms with van der Waals surface area (Å²) in [5, 5.41) is 0. The van der Waals surface area contributed by atoms with E-state index in [4.69, 9.17) is 14.2 Å². The quantitative estimate of drug-likeness (QED) is 0.0263. The van der Waals surface area contributed by atoms with E-state index in [1.165, 1.54) is 193 Å². The molecule has 0 amide bonds. The summed E-state index contributed by atoms with van der Waals surface area (Å²) in [5.74, 6) is -0.859. The van der Waals surface area contributed by atoms with Crippen LogP contribution < -0.4 is 0 Å². The molecule has 0 saturated carbocycles. The molecule has 0 spiro atoms. The standard InChI is InChI=1S/C54H102O6/c1-4-7-10-13-16-19-22-24-26-27-28-30-32-35-38-41-44-47-53(56)59-50-51(49-58-52(55)46-43-40-37-34-31-21-18-15-12-9-6-3)60-54(57)48-45-42-39-36-33-29-25-23-20-17-14-11-8-5-2/h23,25,51H,4-22,24,26-50H2,1-3H3/b25-23-/t51-/m1/s1. The number of hydrogen-bond donors (Lipinski definition) is 0. The van der Waals surface area contributed by atoms with E-state index in [1.54, 1.807) is 0 Å². The Morgan fingerprint density at radius 3 is 0.833 bits per heavy atom. The van der Waals surface area contributed by atoms with Gasteiger partial charge in [-0.25, -0.2) is 0 Å². The molecule has 60 heavy (non-hydrogen) atoms. The normalized spacial score (nSPS) is 12.0. The Labute approximate surface area is 373 Å². The predicted molar refractivity (Wildman–Crippen MR) is 256 cm³/mol. The number of hydrogen-bond acceptors (Lipinski definition) is 6. The van der Waals surface area contributed by atoms with Crippen molar-refractivity contribution in [2.24, 2.45) is 0 Å². The van der Waals surface area contributed by atoms with Crippen LogP contribution in [0.2, 0.25) is 0 Å². The fourth-order valence-corrected chi connectivity index (χ4v) is 7.97. The summed E-state index contributed by atoms with van der Waals surface area (Å²) in [6.45, 7) is 6.66. The molecule has 0 aliphatic rings. The first kappa shape index (κ1) is 58.1. The van der Waals surface area contributed by atoms with Gasteiger partial charge in [0.05, 0.1) is 0 Å². The molecule has 1 atom stereocenters. The summed E-state index contributed by atoms with van der Waals surface area (Å²) in [7, 11) is 0. The molecule has 0 aromatic carbocycles. The van der Waals surface area contributed by atoms with E-state index in [2.05, 4.69) is 32.9 Å². The Kier molecular flexibility index (Phi) is 48.3. The van der Waals surface area contributed by atoms with E-state index < -0.39 is 6.10 Å². The molecule has 0 radical (unpaired) electrons. The Balaban J connectivity index is 4.30. The van der Waals surface area contributed by atoms with Crippen molar-refractivity contribution in [1.82, 2.24) is 0 Å². The smallest absolute Gasteiger partial charge is 0.306 e. The first-order chi connectivity index (χ1) is 29.5. The monoisotopic (exact) mass is 847 g/mol. The minimum Gasteiger partial charge on any atom is -0.462 e.